The van der Waals surface area contributed by atoms with E-state index in [1.54, 1.807) is 30.3 Å². The summed E-state index contributed by atoms with van der Waals surface area (Å²) in [5, 5.41) is 12.0. The molecule has 5 nitrogen and oxygen atoms in total. The number of anilines is 1. The Morgan fingerprint density at radius 3 is 2.94 bits per heavy atom. The second-order valence-electron chi connectivity index (χ2n) is 4.49. The minimum Gasteiger partial charge on any atom is -0.395 e. The second-order valence-corrected chi connectivity index (χ2v) is 4.49. The molecule has 0 aromatic carbocycles. The third-order valence-electron chi connectivity index (χ3n) is 3.38. The van der Waals surface area contributed by atoms with E-state index in [-0.39, 0.29) is 18.6 Å². The lowest BCUT2D eigenvalue weighted by molar-refractivity contribution is 0.0526. The fourth-order valence-electron chi connectivity index (χ4n) is 2.12. The summed E-state index contributed by atoms with van der Waals surface area (Å²) in [7, 11) is 1.77. The minimum atomic E-state index is -0.0207. The van der Waals surface area contributed by atoms with Crippen LogP contribution in [0.3, 0.4) is 0 Å². The summed E-state index contributed by atoms with van der Waals surface area (Å²) in [5.41, 5.74) is 0.620. The number of aliphatic hydroxyl groups excluding tert-OH is 1. The van der Waals surface area contributed by atoms with Gasteiger partial charge in [-0.2, -0.15) is 0 Å². The smallest absolute Gasteiger partial charge is 0.254 e. The maximum Gasteiger partial charge on any atom is 0.254 e. The highest BCUT2D eigenvalue weighted by molar-refractivity contribution is 5.95. The number of hydrogen-bond donors (Lipinski definition) is 2. The zero-order valence-electron chi connectivity index (χ0n) is 10.6. The molecular weight excluding hydrogens is 230 g/mol. The number of carbonyl (C=O) groups is 1. The van der Waals surface area contributed by atoms with Gasteiger partial charge in [-0.1, -0.05) is 0 Å². The van der Waals surface area contributed by atoms with E-state index >= 15 is 0 Å². The SMILES string of the molecule is CNc1cc(C(=O)N(CCO)C2CCC2)ccn1. The van der Waals surface area contributed by atoms with E-state index in [1.165, 1.54) is 0 Å². The molecule has 1 fully saturated rings. The molecule has 0 aliphatic heterocycles. The number of hydrogen-bond acceptors (Lipinski definition) is 4. The first-order chi connectivity index (χ1) is 8.76. The van der Waals surface area contributed by atoms with E-state index in [4.69, 9.17) is 5.11 Å². The summed E-state index contributed by atoms with van der Waals surface area (Å²) in [5.74, 6) is 0.658. The molecule has 2 rings (SSSR count). The van der Waals surface area contributed by atoms with Gasteiger partial charge in [0.2, 0.25) is 0 Å². The van der Waals surface area contributed by atoms with Crippen LogP contribution in [0.25, 0.3) is 0 Å². The average molecular weight is 249 g/mol. The van der Waals surface area contributed by atoms with Crippen LogP contribution in [-0.4, -0.2) is 47.1 Å². The maximum absolute atomic E-state index is 12.4. The van der Waals surface area contributed by atoms with Crippen LogP contribution in [0.5, 0.6) is 0 Å². The van der Waals surface area contributed by atoms with Gasteiger partial charge in [0.1, 0.15) is 5.82 Å². The standard InChI is InChI=1S/C13H19N3O2/c1-14-12-9-10(5-6-15-12)13(18)16(7-8-17)11-3-2-4-11/h5-6,9,11,17H,2-4,7-8H2,1H3,(H,14,15). The third kappa shape index (κ3) is 2.61. The van der Waals surface area contributed by atoms with Crippen molar-refractivity contribution in [1.29, 1.82) is 0 Å². The highest BCUT2D eigenvalue weighted by Gasteiger charge is 2.29. The van der Waals surface area contributed by atoms with Gasteiger partial charge < -0.3 is 15.3 Å². The van der Waals surface area contributed by atoms with Crippen molar-refractivity contribution in [3.63, 3.8) is 0 Å². The third-order valence-corrected chi connectivity index (χ3v) is 3.38. The van der Waals surface area contributed by atoms with Crippen LogP contribution < -0.4 is 5.32 Å². The number of nitrogens with zero attached hydrogens (tertiary/aromatic N) is 2. The molecule has 98 valence electrons. The van der Waals surface area contributed by atoms with Crippen molar-refractivity contribution < 1.29 is 9.90 Å². The Hall–Kier alpha value is -1.62. The molecule has 1 aromatic heterocycles. The Labute approximate surface area is 107 Å². The number of carbonyl (C=O) groups excluding carboxylic acids is 1. The van der Waals surface area contributed by atoms with Crippen molar-refractivity contribution >= 4 is 11.7 Å². The molecule has 1 saturated carbocycles. The Kier molecular flexibility index (Phi) is 4.15. The number of aromatic nitrogens is 1. The van der Waals surface area contributed by atoms with Crippen molar-refractivity contribution in [3.05, 3.63) is 23.9 Å². The average Bonchev–Trinajstić information content (AvgIpc) is 2.35. The lowest BCUT2D eigenvalue weighted by atomic mass is 9.91. The van der Waals surface area contributed by atoms with Crippen molar-refractivity contribution in [2.75, 3.05) is 25.5 Å². The van der Waals surface area contributed by atoms with Crippen LogP contribution in [0.2, 0.25) is 0 Å². The van der Waals surface area contributed by atoms with Gasteiger partial charge in [0.15, 0.2) is 0 Å². The van der Waals surface area contributed by atoms with Gasteiger partial charge in [0, 0.05) is 31.4 Å². The van der Waals surface area contributed by atoms with E-state index in [2.05, 4.69) is 10.3 Å². The van der Waals surface area contributed by atoms with Crippen molar-refractivity contribution in [2.24, 2.45) is 0 Å². The van der Waals surface area contributed by atoms with Gasteiger partial charge in [-0.15, -0.1) is 0 Å². The first-order valence-electron chi connectivity index (χ1n) is 6.32. The summed E-state index contributed by atoms with van der Waals surface area (Å²) in [6.07, 6.45) is 4.86. The van der Waals surface area contributed by atoms with Gasteiger partial charge in [0.05, 0.1) is 6.61 Å². The van der Waals surface area contributed by atoms with Crippen LogP contribution in [0.1, 0.15) is 29.6 Å². The molecule has 0 radical (unpaired) electrons. The largest absolute Gasteiger partial charge is 0.395 e. The molecular formula is C13H19N3O2. The Bertz CT molecular complexity index is 418. The van der Waals surface area contributed by atoms with Gasteiger partial charge in [0.25, 0.3) is 5.91 Å². The van der Waals surface area contributed by atoms with E-state index in [1.807, 2.05) is 0 Å². The molecule has 0 bridgehead atoms. The van der Waals surface area contributed by atoms with E-state index < -0.39 is 0 Å². The molecule has 0 atom stereocenters. The predicted molar refractivity (Wildman–Crippen MR) is 69.5 cm³/mol. The zero-order chi connectivity index (χ0) is 13.0. The van der Waals surface area contributed by atoms with Crippen LogP contribution in [0, 0.1) is 0 Å². The summed E-state index contributed by atoms with van der Waals surface area (Å²) >= 11 is 0. The van der Waals surface area contributed by atoms with Crippen molar-refractivity contribution in [1.82, 2.24) is 9.88 Å². The molecule has 1 aliphatic carbocycles. The molecule has 2 N–H and O–H groups in total. The lowest BCUT2D eigenvalue weighted by Gasteiger charge is -2.37. The van der Waals surface area contributed by atoms with E-state index in [0.717, 1.165) is 19.3 Å². The van der Waals surface area contributed by atoms with Gasteiger partial charge in [-0.05, 0) is 31.4 Å². The van der Waals surface area contributed by atoms with Crippen LogP contribution >= 0.6 is 0 Å². The molecule has 1 heterocycles. The topological polar surface area (TPSA) is 65.5 Å². The number of amides is 1. The van der Waals surface area contributed by atoms with Crippen LogP contribution in [0.4, 0.5) is 5.82 Å². The predicted octanol–water partition coefficient (Wildman–Crippen LogP) is 1.11. The summed E-state index contributed by atoms with van der Waals surface area (Å²) in [6, 6.07) is 3.74. The monoisotopic (exact) mass is 249 g/mol. The highest BCUT2D eigenvalue weighted by Crippen LogP contribution is 2.26. The van der Waals surface area contributed by atoms with E-state index in [0.29, 0.717) is 17.9 Å². The zero-order valence-corrected chi connectivity index (χ0v) is 10.6. The Balaban J connectivity index is 2.15. The number of rotatable bonds is 5. The minimum absolute atomic E-state index is 0.00616. The molecule has 18 heavy (non-hydrogen) atoms. The number of pyridine rings is 1. The maximum atomic E-state index is 12.4. The number of nitrogens with one attached hydrogen (secondary N) is 1. The first kappa shape index (κ1) is 12.8. The summed E-state index contributed by atoms with van der Waals surface area (Å²) < 4.78 is 0. The fraction of sp³-hybridized carbons (Fsp3) is 0.538. The van der Waals surface area contributed by atoms with Crippen LogP contribution in [0.15, 0.2) is 18.3 Å². The first-order valence-corrected chi connectivity index (χ1v) is 6.32. The van der Waals surface area contributed by atoms with Crippen molar-refractivity contribution in [2.45, 2.75) is 25.3 Å². The quantitative estimate of drug-likeness (QED) is 0.820. The Morgan fingerprint density at radius 1 is 1.61 bits per heavy atom. The summed E-state index contributed by atoms with van der Waals surface area (Å²) in [6.45, 7) is 0.410. The lowest BCUT2D eigenvalue weighted by Crippen LogP contribution is -2.45. The molecule has 0 spiro atoms. The molecule has 1 aliphatic rings. The van der Waals surface area contributed by atoms with Crippen molar-refractivity contribution in [3.8, 4) is 0 Å². The highest BCUT2D eigenvalue weighted by atomic mass is 16.3. The molecule has 0 saturated heterocycles. The normalized spacial score (nSPS) is 15.0. The van der Waals surface area contributed by atoms with Gasteiger partial charge in [-0.3, -0.25) is 4.79 Å². The number of aliphatic hydroxyl groups is 1. The van der Waals surface area contributed by atoms with Gasteiger partial charge >= 0.3 is 0 Å². The van der Waals surface area contributed by atoms with Crippen LogP contribution in [-0.2, 0) is 0 Å². The van der Waals surface area contributed by atoms with Gasteiger partial charge in [-0.25, -0.2) is 4.98 Å². The van der Waals surface area contributed by atoms with E-state index in [9.17, 15) is 4.79 Å². The second kappa shape index (κ2) is 5.82. The summed E-state index contributed by atoms with van der Waals surface area (Å²) in [4.78, 5) is 18.3. The molecule has 0 unspecified atom stereocenters. The molecule has 5 heteroatoms. The fourth-order valence-corrected chi connectivity index (χ4v) is 2.12. The molecule has 1 amide bonds. The molecule has 1 aromatic rings. The Morgan fingerprint density at radius 2 is 2.39 bits per heavy atom.